The maximum absolute atomic E-state index is 12.0. The largest absolute Gasteiger partial charge is 0.573 e. The van der Waals surface area contributed by atoms with Gasteiger partial charge in [-0.3, -0.25) is 4.79 Å². The smallest absolute Gasteiger partial charge is 0.405 e. The molecule has 1 heterocycles. The van der Waals surface area contributed by atoms with Crippen molar-refractivity contribution in [2.24, 2.45) is 5.73 Å². The number of nitrogens with two attached hydrogens (primary N) is 1. The number of rotatable bonds is 3. The monoisotopic (exact) mass is 346 g/mol. The van der Waals surface area contributed by atoms with Crippen LogP contribution in [0.2, 0.25) is 0 Å². The summed E-state index contributed by atoms with van der Waals surface area (Å²) in [4.78, 5) is 14.2. The Bertz CT molecular complexity index is 409. The second kappa shape index (κ2) is 4.95. The minimum absolute atomic E-state index is 0.0752. The van der Waals surface area contributed by atoms with E-state index in [0.29, 0.717) is 6.29 Å². The summed E-state index contributed by atoms with van der Waals surface area (Å²) in [6.07, 6.45) is -4.48. The summed E-state index contributed by atoms with van der Waals surface area (Å²) in [7, 11) is 0. The van der Waals surface area contributed by atoms with Gasteiger partial charge in [-0.25, -0.2) is 4.98 Å². The van der Waals surface area contributed by atoms with Gasteiger partial charge in [-0.2, -0.15) is 0 Å². The van der Waals surface area contributed by atoms with Crippen LogP contribution in [0.1, 0.15) is 16.2 Å². The highest BCUT2D eigenvalue weighted by molar-refractivity contribution is 14.1. The topological polar surface area (TPSA) is 65.2 Å². The van der Waals surface area contributed by atoms with E-state index in [0.717, 1.165) is 6.07 Å². The van der Waals surface area contributed by atoms with E-state index in [1.807, 2.05) is 0 Å². The number of nitrogens with zero attached hydrogens (tertiary/aromatic N) is 1. The highest BCUT2D eigenvalue weighted by Crippen LogP contribution is 2.29. The molecule has 0 amide bonds. The Labute approximate surface area is 102 Å². The number of alkyl halides is 3. The first kappa shape index (κ1) is 13.2. The molecule has 0 fully saturated rings. The van der Waals surface area contributed by atoms with Gasteiger partial charge in [0.15, 0.2) is 6.29 Å². The summed E-state index contributed by atoms with van der Waals surface area (Å²) in [5, 5.41) is 0. The number of ether oxygens (including phenoxy) is 1. The Morgan fingerprint density at radius 2 is 2.19 bits per heavy atom. The molecule has 1 aromatic heterocycles. The highest BCUT2D eigenvalue weighted by Gasteiger charge is 2.32. The zero-order valence-electron chi connectivity index (χ0n) is 7.71. The molecule has 0 unspecified atom stereocenters. The zero-order chi connectivity index (χ0) is 12.3. The molecule has 0 saturated heterocycles. The second-order valence-electron chi connectivity index (χ2n) is 2.68. The summed E-state index contributed by atoms with van der Waals surface area (Å²) >= 11 is 1.63. The first-order chi connectivity index (χ1) is 7.37. The van der Waals surface area contributed by atoms with Crippen molar-refractivity contribution < 1.29 is 22.7 Å². The van der Waals surface area contributed by atoms with E-state index in [4.69, 9.17) is 5.73 Å². The third-order valence-electron chi connectivity index (χ3n) is 1.55. The minimum atomic E-state index is -4.81. The summed E-state index contributed by atoms with van der Waals surface area (Å²) in [5.41, 5.74) is 5.32. The summed E-state index contributed by atoms with van der Waals surface area (Å²) in [6.45, 7) is -0.0752. The molecule has 0 atom stereocenters. The molecule has 2 N–H and O–H groups in total. The predicted octanol–water partition coefficient (Wildman–Crippen LogP) is 1.86. The summed E-state index contributed by atoms with van der Waals surface area (Å²) in [5.74, 6) is -0.467. The van der Waals surface area contributed by atoms with Gasteiger partial charge in [-0.15, -0.1) is 13.2 Å². The Hall–Kier alpha value is -0.900. The first-order valence-electron chi connectivity index (χ1n) is 3.97. The van der Waals surface area contributed by atoms with E-state index in [2.05, 4.69) is 9.72 Å². The average Bonchev–Trinajstić information content (AvgIpc) is 2.19. The number of pyridine rings is 1. The lowest BCUT2D eigenvalue weighted by Crippen LogP contribution is -2.19. The fourth-order valence-corrected chi connectivity index (χ4v) is 1.58. The van der Waals surface area contributed by atoms with Gasteiger partial charge >= 0.3 is 6.36 Å². The van der Waals surface area contributed by atoms with Crippen molar-refractivity contribution in [3.8, 4) is 5.75 Å². The van der Waals surface area contributed by atoms with E-state index in [-0.39, 0.29) is 21.5 Å². The van der Waals surface area contributed by atoms with Crippen LogP contribution in [0, 0.1) is 3.57 Å². The van der Waals surface area contributed by atoms with Crippen molar-refractivity contribution in [3.05, 3.63) is 21.0 Å². The lowest BCUT2D eigenvalue weighted by molar-refractivity contribution is -0.275. The summed E-state index contributed by atoms with van der Waals surface area (Å²) in [6, 6.07) is 0.918. The van der Waals surface area contributed by atoms with Crippen molar-refractivity contribution in [1.29, 1.82) is 0 Å². The van der Waals surface area contributed by atoms with Crippen LogP contribution in [0.25, 0.3) is 0 Å². The van der Waals surface area contributed by atoms with Crippen LogP contribution in [-0.4, -0.2) is 17.6 Å². The Morgan fingerprint density at radius 3 is 2.62 bits per heavy atom. The molecule has 0 aliphatic carbocycles. The molecule has 1 rings (SSSR count). The first-order valence-corrected chi connectivity index (χ1v) is 5.05. The van der Waals surface area contributed by atoms with Gasteiger partial charge < -0.3 is 10.5 Å². The number of aromatic nitrogens is 1. The molecule has 88 valence electrons. The zero-order valence-corrected chi connectivity index (χ0v) is 9.87. The summed E-state index contributed by atoms with van der Waals surface area (Å²) < 4.78 is 40.0. The van der Waals surface area contributed by atoms with Crippen molar-refractivity contribution in [2.45, 2.75) is 12.9 Å². The van der Waals surface area contributed by atoms with Crippen LogP contribution in [0.15, 0.2) is 6.07 Å². The van der Waals surface area contributed by atoms with E-state index >= 15 is 0 Å². The van der Waals surface area contributed by atoms with Crippen molar-refractivity contribution >= 4 is 28.9 Å². The lowest BCUT2D eigenvalue weighted by atomic mass is 10.3. The molecule has 8 heteroatoms. The molecule has 0 aromatic carbocycles. The van der Waals surface area contributed by atoms with Gasteiger partial charge in [0.05, 0.1) is 9.26 Å². The number of carbonyl (C=O) groups excluding carboxylic acids is 1. The van der Waals surface area contributed by atoms with Crippen molar-refractivity contribution in [1.82, 2.24) is 4.98 Å². The van der Waals surface area contributed by atoms with Crippen LogP contribution < -0.4 is 10.5 Å². The number of hydrogen-bond donors (Lipinski definition) is 1. The molecule has 0 saturated carbocycles. The van der Waals surface area contributed by atoms with Gasteiger partial charge in [0.1, 0.15) is 11.4 Å². The van der Waals surface area contributed by atoms with Crippen LogP contribution in [0.5, 0.6) is 5.75 Å². The Morgan fingerprint density at radius 1 is 1.56 bits per heavy atom. The van der Waals surface area contributed by atoms with Crippen LogP contribution in [0.4, 0.5) is 13.2 Å². The molecule has 0 radical (unpaired) electrons. The van der Waals surface area contributed by atoms with E-state index in [9.17, 15) is 18.0 Å². The number of hydrogen-bond acceptors (Lipinski definition) is 4. The quantitative estimate of drug-likeness (QED) is 0.670. The molecule has 0 aliphatic heterocycles. The molecule has 4 nitrogen and oxygen atoms in total. The predicted molar refractivity (Wildman–Crippen MR) is 56.9 cm³/mol. The molecule has 0 aliphatic rings. The third-order valence-corrected chi connectivity index (χ3v) is 2.71. The third kappa shape index (κ3) is 3.30. The minimum Gasteiger partial charge on any atom is -0.405 e. The van der Waals surface area contributed by atoms with Crippen molar-refractivity contribution in [3.63, 3.8) is 0 Å². The Kier molecular flexibility index (Phi) is 4.08. The van der Waals surface area contributed by atoms with Crippen molar-refractivity contribution in [2.75, 3.05) is 0 Å². The van der Waals surface area contributed by atoms with E-state index < -0.39 is 12.1 Å². The average molecular weight is 346 g/mol. The fourth-order valence-electron chi connectivity index (χ4n) is 0.972. The van der Waals surface area contributed by atoms with Gasteiger partial charge in [-0.05, 0) is 22.6 Å². The van der Waals surface area contributed by atoms with Crippen LogP contribution in [0.3, 0.4) is 0 Å². The molecular formula is C8H6F3IN2O2. The second-order valence-corrected chi connectivity index (χ2v) is 3.75. The number of halogens is 4. The molecular weight excluding hydrogens is 340 g/mol. The normalized spacial score (nSPS) is 11.3. The molecule has 0 spiro atoms. The van der Waals surface area contributed by atoms with Crippen LogP contribution >= 0.6 is 22.6 Å². The molecule has 16 heavy (non-hydrogen) atoms. The van der Waals surface area contributed by atoms with E-state index in [1.165, 1.54) is 0 Å². The maximum atomic E-state index is 12.0. The molecule has 1 aromatic rings. The highest BCUT2D eigenvalue weighted by atomic mass is 127. The number of carbonyl (C=O) groups is 1. The van der Waals surface area contributed by atoms with E-state index in [1.54, 1.807) is 22.6 Å². The maximum Gasteiger partial charge on any atom is 0.573 e. The fraction of sp³-hybridized carbons (Fsp3) is 0.250. The van der Waals surface area contributed by atoms with Gasteiger partial charge in [0, 0.05) is 12.6 Å². The molecule has 0 bridgehead atoms. The van der Waals surface area contributed by atoms with Gasteiger partial charge in [-0.1, -0.05) is 0 Å². The Balaban J connectivity index is 3.21. The van der Waals surface area contributed by atoms with Crippen LogP contribution in [-0.2, 0) is 6.54 Å². The van der Waals surface area contributed by atoms with Gasteiger partial charge in [0.2, 0.25) is 0 Å². The lowest BCUT2D eigenvalue weighted by Gasteiger charge is -2.12. The SMILES string of the molecule is NCc1nc(C=O)cc(OC(F)(F)F)c1I. The number of aldehydes is 1. The van der Waals surface area contributed by atoms with Gasteiger partial charge in [0.25, 0.3) is 0 Å². The standard InChI is InChI=1S/C8H6F3IN2O2/c9-8(10,11)16-6-1-4(3-15)14-5(2-13)7(6)12/h1,3H,2,13H2.